The van der Waals surface area contributed by atoms with Gasteiger partial charge in [-0.2, -0.15) is 0 Å². The number of hydrogen-bond acceptors (Lipinski definition) is 4. The van der Waals surface area contributed by atoms with Gasteiger partial charge in [-0.05, 0) is 53.3 Å². The summed E-state index contributed by atoms with van der Waals surface area (Å²) < 4.78 is 11.4. The molecule has 0 saturated carbocycles. The predicted octanol–water partition coefficient (Wildman–Crippen LogP) is 3.97. The Labute approximate surface area is 153 Å². The molecule has 1 aromatic carbocycles. The van der Waals surface area contributed by atoms with Gasteiger partial charge in [0.1, 0.15) is 18.1 Å². The highest BCUT2D eigenvalue weighted by Gasteiger charge is 2.22. The Morgan fingerprint density at radius 2 is 1.96 bits per heavy atom. The maximum absolute atomic E-state index is 9.35. The molecule has 1 unspecified atom stereocenters. The molecule has 2 heterocycles. The molecule has 3 rings (SSSR count). The van der Waals surface area contributed by atoms with Crippen molar-refractivity contribution in [3.8, 4) is 0 Å². The van der Waals surface area contributed by atoms with Crippen LogP contribution in [0.3, 0.4) is 0 Å². The summed E-state index contributed by atoms with van der Waals surface area (Å²) in [5, 5.41) is 18.5. The van der Waals surface area contributed by atoms with Crippen LogP contribution in [0.1, 0.15) is 29.9 Å². The van der Waals surface area contributed by atoms with Crippen LogP contribution in [0.15, 0.2) is 70.7 Å². The summed E-state index contributed by atoms with van der Waals surface area (Å²) in [6.07, 6.45) is 5.54. The standard InChI is InChI=1S/C22H24O4/c1-16(14-23)21-11-12-25-22(21)10-7-18(17-5-3-2-4-6-17)13-19-8-9-20(15-24)26-19/h2-6,8-9,11,13,22-24H,1,7,10,12,14-15H2/b18-13-. The molecule has 2 aromatic rings. The van der Waals surface area contributed by atoms with Gasteiger partial charge in [-0.3, -0.25) is 0 Å². The van der Waals surface area contributed by atoms with E-state index in [0.717, 1.165) is 40.9 Å². The maximum atomic E-state index is 9.35. The normalized spacial score (nSPS) is 17.4. The molecule has 0 radical (unpaired) electrons. The van der Waals surface area contributed by atoms with Crippen molar-refractivity contribution in [3.05, 3.63) is 83.3 Å². The molecule has 1 atom stereocenters. The number of aliphatic hydroxyl groups excluding tert-OH is 2. The summed E-state index contributed by atoms with van der Waals surface area (Å²) in [6, 6.07) is 13.8. The number of ether oxygens (including phenoxy) is 1. The van der Waals surface area contributed by atoms with Crippen LogP contribution in [0, 0.1) is 0 Å². The molecule has 0 fully saturated rings. The number of benzene rings is 1. The summed E-state index contributed by atoms with van der Waals surface area (Å²) in [6.45, 7) is 4.31. The van der Waals surface area contributed by atoms with E-state index in [0.29, 0.717) is 12.4 Å². The molecule has 26 heavy (non-hydrogen) atoms. The van der Waals surface area contributed by atoms with E-state index in [1.165, 1.54) is 0 Å². The minimum atomic E-state index is -0.109. The van der Waals surface area contributed by atoms with Gasteiger partial charge in [-0.15, -0.1) is 0 Å². The molecule has 1 aliphatic heterocycles. The molecule has 0 spiro atoms. The van der Waals surface area contributed by atoms with Crippen LogP contribution in [0.2, 0.25) is 0 Å². The minimum Gasteiger partial charge on any atom is -0.459 e. The van der Waals surface area contributed by atoms with Crippen molar-refractivity contribution in [2.75, 3.05) is 13.2 Å². The zero-order valence-electron chi connectivity index (χ0n) is 14.7. The lowest BCUT2D eigenvalue weighted by atomic mass is 9.94. The van der Waals surface area contributed by atoms with E-state index in [4.69, 9.17) is 9.15 Å². The Hall–Kier alpha value is -2.40. The van der Waals surface area contributed by atoms with Crippen molar-refractivity contribution >= 4 is 11.6 Å². The Morgan fingerprint density at radius 3 is 2.65 bits per heavy atom. The lowest BCUT2D eigenvalue weighted by Crippen LogP contribution is -2.13. The lowest BCUT2D eigenvalue weighted by Gasteiger charge is -2.17. The van der Waals surface area contributed by atoms with E-state index in [9.17, 15) is 10.2 Å². The van der Waals surface area contributed by atoms with E-state index < -0.39 is 0 Å². The van der Waals surface area contributed by atoms with Crippen LogP contribution in [0.5, 0.6) is 0 Å². The third-order valence-corrected chi connectivity index (χ3v) is 4.52. The molecule has 0 saturated heterocycles. The van der Waals surface area contributed by atoms with Crippen LogP contribution in [-0.2, 0) is 11.3 Å². The van der Waals surface area contributed by atoms with Crippen molar-refractivity contribution in [1.29, 1.82) is 0 Å². The van der Waals surface area contributed by atoms with Gasteiger partial charge in [-0.1, -0.05) is 43.0 Å². The third-order valence-electron chi connectivity index (χ3n) is 4.52. The first kappa shape index (κ1) is 18.4. The Kier molecular flexibility index (Phi) is 6.23. The van der Waals surface area contributed by atoms with Crippen LogP contribution in [0.25, 0.3) is 11.6 Å². The van der Waals surface area contributed by atoms with Crippen molar-refractivity contribution < 1.29 is 19.4 Å². The molecule has 0 aliphatic carbocycles. The second-order valence-corrected chi connectivity index (χ2v) is 6.28. The molecule has 4 heteroatoms. The van der Waals surface area contributed by atoms with Gasteiger partial charge in [0.05, 0.1) is 19.3 Å². The largest absolute Gasteiger partial charge is 0.459 e. The molecule has 136 valence electrons. The summed E-state index contributed by atoms with van der Waals surface area (Å²) in [7, 11) is 0. The molecule has 1 aliphatic rings. The number of allylic oxidation sites excluding steroid dienone is 1. The zero-order valence-corrected chi connectivity index (χ0v) is 14.7. The number of rotatable bonds is 8. The molecule has 0 amide bonds. The highest BCUT2D eigenvalue weighted by atomic mass is 16.5. The molecular formula is C22H24O4. The molecule has 2 N–H and O–H groups in total. The molecule has 1 aromatic heterocycles. The van der Waals surface area contributed by atoms with Crippen LogP contribution < -0.4 is 0 Å². The predicted molar refractivity (Wildman–Crippen MR) is 102 cm³/mol. The summed E-state index contributed by atoms with van der Waals surface area (Å²) >= 11 is 0. The highest BCUT2D eigenvalue weighted by molar-refractivity contribution is 5.80. The van der Waals surface area contributed by atoms with Crippen molar-refractivity contribution in [1.82, 2.24) is 0 Å². The van der Waals surface area contributed by atoms with E-state index in [1.807, 2.05) is 36.4 Å². The number of furan rings is 1. The van der Waals surface area contributed by atoms with E-state index in [1.54, 1.807) is 6.07 Å². The fourth-order valence-electron chi connectivity index (χ4n) is 3.14. The zero-order chi connectivity index (χ0) is 18.4. The smallest absolute Gasteiger partial charge is 0.130 e. The summed E-state index contributed by atoms with van der Waals surface area (Å²) in [4.78, 5) is 0. The van der Waals surface area contributed by atoms with Gasteiger partial charge in [-0.25, -0.2) is 0 Å². The summed E-state index contributed by atoms with van der Waals surface area (Å²) in [5.41, 5.74) is 3.98. The average Bonchev–Trinajstić information content (AvgIpc) is 3.34. The first-order valence-corrected chi connectivity index (χ1v) is 8.77. The van der Waals surface area contributed by atoms with Gasteiger partial charge < -0.3 is 19.4 Å². The second-order valence-electron chi connectivity index (χ2n) is 6.28. The van der Waals surface area contributed by atoms with Crippen LogP contribution in [-0.4, -0.2) is 29.5 Å². The van der Waals surface area contributed by atoms with Crippen LogP contribution >= 0.6 is 0 Å². The Balaban J connectivity index is 1.78. The van der Waals surface area contributed by atoms with E-state index in [2.05, 4.69) is 18.7 Å². The number of aliphatic hydroxyl groups is 2. The van der Waals surface area contributed by atoms with Gasteiger partial charge >= 0.3 is 0 Å². The first-order valence-electron chi connectivity index (χ1n) is 8.77. The Morgan fingerprint density at radius 1 is 1.15 bits per heavy atom. The molecular weight excluding hydrogens is 328 g/mol. The van der Waals surface area contributed by atoms with Gasteiger partial charge in [0, 0.05) is 0 Å². The molecule has 0 bridgehead atoms. The van der Waals surface area contributed by atoms with E-state index in [-0.39, 0.29) is 19.3 Å². The highest BCUT2D eigenvalue weighted by Crippen LogP contribution is 2.30. The fourth-order valence-corrected chi connectivity index (χ4v) is 3.14. The quantitative estimate of drug-likeness (QED) is 0.755. The minimum absolute atomic E-state index is 0.0497. The lowest BCUT2D eigenvalue weighted by molar-refractivity contribution is 0.117. The monoisotopic (exact) mass is 352 g/mol. The van der Waals surface area contributed by atoms with Crippen molar-refractivity contribution in [2.45, 2.75) is 25.6 Å². The van der Waals surface area contributed by atoms with Crippen molar-refractivity contribution in [3.63, 3.8) is 0 Å². The van der Waals surface area contributed by atoms with Crippen LogP contribution in [0.4, 0.5) is 0 Å². The maximum Gasteiger partial charge on any atom is 0.130 e. The Bertz CT molecular complexity index is 799. The average molecular weight is 352 g/mol. The SMILES string of the molecule is C=C(CO)C1=CCOC1CC/C(=C/c1ccc(CO)o1)c1ccccc1. The summed E-state index contributed by atoms with van der Waals surface area (Å²) in [5.74, 6) is 1.27. The van der Waals surface area contributed by atoms with Gasteiger partial charge in [0.15, 0.2) is 0 Å². The number of hydrogen-bond donors (Lipinski definition) is 2. The first-order chi connectivity index (χ1) is 12.7. The topological polar surface area (TPSA) is 62.8 Å². The fraction of sp³-hybridized carbons (Fsp3) is 0.273. The molecule has 4 nitrogen and oxygen atoms in total. The van der Waals surface area contributed by atoms with E-state index >= 15 is 0 Å². The third kappa shape index (κ3) is 4.41. The van der Waals surface area contributed by atoms with Gasteiger partial charge in [0.2, 0.25) is 0 Å². The van der Waals surface area contributed by atoms with Crippen molar-refractivity contribution in [2.24, 2.45) is 0 Å². The van der Waals surface area contributed by atoms with Gasteiger partial charge in [0.25, 0.3) is 0 Å². The second kappa shape index (κ2) is 8.81.